The lowest BCUT2D eigenvalue weighted by molar-refractivity contribution is 0.266. The summed E-state index contributed by atoms with van der Waals surface area (Å²) < 4.78 is 0. The normalized spacial score (nSPS) is 14.2. The van der Waals surface area contributed by atoms with Crippen LogP contribution in [0.4, 0.5) is 0 Å². The number of rotatable bonds is 8. The summed E-state index contributed by atoms with van der Waals surface area (Å²) in [7, 11) is 2.20. The van der Waals surface area contributed by atoms with E-state index in [1.54, 1.807) is 0 Å². The highest BCUT2D eigenvalue weighted by atomic mass is 15.1. The molecule has 1 atom stereocenters. The summed E-state index contributed by atoms with van der Waals surface area (Å²) in [4.78, 5) is 2.41. The molecule has 0 amide bonds. The van der Waals surface area contributed by atoms with Gasteiger partial charge in [0.05, 0.1) is 0 Å². The molecule has 0 aliphatic heterocycles. The molecule has 0 aromatic heterocycles. The van der Waals surface area contributed by atoms with Crippen molar-refractivity contribution in [2.45, 2.75) is 59.5 Å². The van der Waals surface area contributed by atoms with Gasteiger partial charge in [-0.2, -0.15) is 0 Å². The molecule has 0 rings (SSSR count). The molecule has 0 saturated carbocycles. The molecule has 0 fully saturated rings. The van der Waals surface area contributed by atoms with Crippen molar-refractivity contribution in [3.63, 3.8) is 0 Å². The SMILES string of the molecule is CC(C)C(C)NCCCCN(C)C(C)C. The van der Waals surface area contributed by atoms with E-state index in [9.17, 15) is 0 Å². The molecule has 0 spiro atoms. The lowest BCUT2D eigenvalue weighted by Crippen LogP contribution is -2.32. The van der Waals surface area contributed by atoms with Gasteiger partial charge >= 0.3 is 0 Å². The van der Waals surface area contributed by atoms with E-state index < -0.39 is 0 Å². The van der Waals surface area contributed by atoms with Crippen molar-refractivity contribution in [2.24, 2.45) is 5.92 Å². The molecule has 0 aliphatic carbocycles. The van der Waals surface area contributed by atoms with Crippen LogP contribution < -0.4 is 5.32 Å². The van der Waals surface area contributed by atoms with Crippen LogP contribution in [0.25, 0.3) is 0 Å². The molecule has 0 saturated heterocycles. The highest BCUT2D eigenvalue weighted by Crippen LogP contribution is 2.01. The van der Waals surface area contributed by atoms with Crippen molar-refractivity contribution in [3.8, 4) is 0 Å². The third-order valence-corrected chi connectivity index (χ3v) is 3.29. The molecule has 1 unspecified atom stereocenters. The molecule has 0 aromatic rings. The first-order valence-electron chi connectivity index (χ1n) is 6.38. The number of unbranched alkanes of at least 4 members (excludes halogenated alkanes) is 1. The predicted octanol–water partition coefficient (Wildman–Crippen LogP) is 2.74. The first-order valence-corrected chi connectivity index (χ1v) is 6.38. The van der Waals surface area contributed by atoms with Gasteiger partial charge in [0.2, 0.25) is 0 Å². The van der Waals surface area contributed by atoms with Crippen molar-refractivity contribution in [1.82, 2.24) is 10.2 Å². The Bertz CT molecular complexity index is 127. The summed E-state index contributed by atoms with van der Waals surface area (Å²) >= 11 is 0. The molecule has 92 valence electrons. The first kappa shape index (κ1) is 14.9. The lowest BCUT2D eigenvalue weighted by atomic mass is 10.1. The fraction of sp³-hybridized carbons (Fsp3) is 1.00. The molecule has 0 aliphatic rings. The highest BCUT2D eigenvalue weighted by molar-refractivity contribution is 4.64. The second kappa shape index (κ2) is 8.12. The molecule has 0 bridgehead atoms. The average Bonchev–Trinajstić information content (AvgIpc) is 2.16. The van der Waals surface area contributed by atoms with Crippen LogP contribution in [0.1, 0.15) is 47.5 Å². The van der Waals surface area contributed by atoms with Crippen molar-refractivity contribution in [1.29, 1.82) is 0 Å². The summed E-state index contributed by atoms with van der Waals surface area (Å²) in [5.74, 6) is 0.739. The Morgan fingerprint density at radius 3 is 2.07 bits per heavy atom. The van der Waals surface area contributed by atoms with Gasteiger partial charge in [-0.3, -0.25) is 0 Å². The quantitative estimate of drug-likeness (QED) is 0.625. The van der Waals surface area contributed by atoms with Gasteiger partial charge in [0.1, 0.15) is 0 Å². The summed E-state index contributed by atoms with van der Waals surface area (Å²) in [6.07, 6.45) is 2.58. The monoisotopic (exact) mass is 214 g/mol. The average molecular weight is 214 g/mol. The minimum absolute atomic E-state index is 0.646. The zero-order chi connectivity index (χ0) is 11.8. The summed E-state index contributed by atoms with van der Waals surface area (Å²) in [6.45, 7) is 13.7. The van der Waals surface area contributed by atoms with Crippen LogP contribution in [0.3, 0.4) is 0 Å². The Labute approximate surface area is 96.4 Å². The van der Waals surface area contributed by atoms with Gasteiger partial charge in [-0.25, -0.2) is 0 Å². The van der Waals surface area contributed by atoms with E-state index in [0.29, 0.717) is 12.1 Å². The number of nitrogens with one attached hydrogen (secondary N) is 1. The van der Waals surface area contributed by atoms with Crippen LogP contribution in [-0.2, 0) is 0 Å². The minimum Gasteiger partial charge on any atom is -0.314 e. The van der Waals surface area contributed by atoms with E-state index in [1.165, 1.54) is 19.4 Å². The number of nitrogens with zero attached hydrogens (tertiary/aromatic N) is 1. The first-order chi connectivity index (χ1) is 6.95. The molecule has 0 radical (unpaired) electrons. The number of hydrogen-bond acceptors (Lipinski definition) is 2. The Kier molecular flexibility index (Phi) is 8.07. The molecular weight excluding hydrogens is 184 g/mol. The number of hydrogen-bond donors (Lipinski definition) is 1. The molecule has 1 N–H and O–H groups in total. The summed E-state index contributed by atoms with van der Waals surface area (Å²) in [5.41, 5.74) is 0. The van der Waals surface area contributed by atoms with E-state index >= 15 is 0 Å². The van der Waals surface area contributed by atoms with Crippen LogP contribution in [0, 0.1) is 5.92 Å². The van der Waals surface area contributed by atoms with Crippen LogP contribution >= 0.6 is 0 Å². The van der Waals surface area contributed by atoms with E-state index in [-0.39, 0.29) is 0 Å². The summed E-state index contributed by atoms with van der Waals surface area (Å²) in [5, 5.41) is 3.57. The zero-order valence-electron chi connectivity index (χ0n) is 11.5. The lowest BCUT2D eigenvalue weighted by Gasteiger charge is -2.21. The van der Waals surface area contributed by atoms with Crippen molar-refractivity contribution >= 4 is 0 Å². The molecule has 0 aromatic carbocycles. The van der Waals surface area contributed by atoms with Gasteiger partial charge in [0, 0.05) is 12.1 Å². The maximum Gasteiger partial charge on any atom is 0.00617 e. The molecule has 0 heterocycles. The Balaban J connectivity index is 3.32. The third kappa shape index (κ3) is 7.80. The second-order valence-corrected chi connectivity index (χ2v) is 5.27. The van der Waals surface area contributed by atoms with Crippen LogP contribution in [0.5, 0.6) is 0 Å². The van der Waals surface area contributed by atoms with E-state index in [2.05, 4.69) is 51.9 Å². The van der Waals surface area contributed by atoms with E-state index in [4.69, 9.17) is 0 Å². The van der Waals surface area contributed by atoms with Crippen LogP contribution in [0.15, 0.2) is 0 Å². The predicted molar refractivity (Wildman–Crippen MR) is 69.3 cm³/mol. The molecule has 2 heteroatoms. The zero-order valence-corrected chi connectivity index (χ0v) is 11.5. The van der Waals surface area contributed by atoms with Gasteiger partial charge < -0.3 is 10.2 Å². The third-order valence-electron chi connectivity index (χ3n) is 3.29. The van der Waals surface area contributed by atoms with Gasteiger partial charge in [0.15, 0.2) is 0 Å². The fourth-order valence-electron chi connectivity index (χ4n) is 1.31. The van der Waals surface area contributed by atoms with Gasteiger partial charge in [-0.1, -0.05) is 13.8 Å². The van der Waals surface area contributed by atoms with Crippen LogP contribution in [-0.4, -0.2) is 37.1 Å². The highest BCUT2D eigenvalue weighted by Gasteiger charge is 2.05. The minimum atomic E-state index is 0.646. The van der Waals surface area contributed by atoms with Gasteiger partial charge in [-0.15, -0.1) is 0 Å². The van der Waals surface area contributed by atoms with Crippen molar-refractivity contribution < 1.29 is 0 Å². The Morgan fingerprint density at radius 2 is 1.60 bits per heavy atom. The Hall–Kier alpha value is -0.0800. The Morgan fingerprint density at radius 1 is 1.00 bits per heavy atom. The van der Waals surface area contributed by atoms with Gasteiger partial charge in [0.25, 0.3) is 0 Å². The molecule has 2 nitrogen and oxygen atoms in total. The molecule has 15 heavy (non-hydrogen) atoms. The van der Waals surface area contributed by atoms with Crippen molar-refractivity contribution in [3.05, 3.63) is 0 Å². The summed E-state index contributed by atoms with van der Waals surface area (Å²) in [6, 6.07) is 1.32. The van der Waals surface area contributed by atoms with Crippen LogP contribution in [0.2, 0.25) is 0 Å². The van der Waals surface area contributed by atoms with E-state index in [0.717, 1.165) is 12.5 Å². The smallest absolute Gasteiger partial charge is 0.00617 e. The molecular formula is C13H30N2. The van der Waals surface area contributed by atoms with E-state index in [1.807, 2.05) is 0 Å². The second-order valence-electron chi connectivity index (χ2n) is 5.27. The fourth-order valence-corrected chi connectivity index (χ4v) is 1.31. The van der Waals surface area contributed by atoms with Gasteiger partial charge in [-0.05, 0) is 59.7 Å². The maximum absolute atomic E-state index is 3.57. The van der Waals surface area contributed by atoms with Crippen molar-refractivity contribution in [2.75, 3.05) is 20.1 Å². The maximum atomic E-state index is 3.57. The largest absolute Gasteiger partial charge is 0.314 e. The standard InChI is InChI=1S/C13H30N2/c1-11(2)13(5)14-9-7-8-10-15(6)12(3)4/h11-14H,7-10H2,1-6H3. The topological polar surface area (TPSA) is 15.3 Å².